The fourth-order valence-corrected chi connectivity index (χ4v) is 2.11. The Labute approximate surface area is 102 Å². The normalized spacial score (nSPS) is 10.4. The number of nitrogen functional groups attached to an aromatic ring is 1. The number of nitrogens with one attached hydrogen (secondary N) is 1. The summed E-state index contributed by atoms with van der Waals surface area (Å²) in [5.74, 6) is -0.115. The van der Waals surface area contributed by atoms with Gasteiger partial charge >= 0.3 is 0 Å². The number of amides is 1. The molecule has 0 saturated carbocycles. The Bertz CT molecular complexity index is 479. The van der Waals surface area contributed by atoms with Crippen LogP contribution >= 0.6 is 11.3 Å². The third-order valence-electron chi connectivity index (χ3n) is 2.22. The fraction of sp³-hybridized carbons (Fsp3) is 0.300. The Morgan fingerprint density at radius 2 is 2.47 bits per heavy atom. The van der Waals surface area contributed by atoms with Crippen molar-refractivity contribution >= 4 is 22.9 Å². The van der Waals surface area contributed by atoms with Crippen molar-refractivity contribution in [2.45, 2.75) is 13.0 Å². The molecule has 2 rings (SSSR count). The molecule has 0 aliphatic carbocycles. The predicted octanol–water partition coefficient (Wildman–Crippen LogP) is 0.742. The first-order valence-electron chi connectivity index (χ1n) is 5.22. The molecule has 0 radical (unpaired) electrons. The summed E-state index contributed by atoms with van der Waals surface area (Å²) in [6, 6.07) is 1.73. The molecule has 17 heavy (non-hydrogen) atoms. The molecule has 0 aliphatic heterocycles. The molecule has 0 unspecified atom stereocenters. The van der Waals surface area contributed by atoms with Gasteiger partial charge in [-0.2, -0.15) is 0 Å². The monoisotopic (exact) mass is 251 g/mol. The Kier molecular flexibility index (Phi) is 3.71. The number of nitrogens with two attached hydrogens (primary N) is 1. The number of hydrogen-bond acceptors (Lipinski definition) is 5. The third-order valence-corrected chi connectivity index (χ3v) is 3.15. The lowest BCUT2D eigenvalue weighted by Gasteiger charge is -2.04. The molecule has 1 amide bonds. The van der Waals surface area contributed by atoms with E-state index >= 15 is 0 Å². The van der Waals surface area contributed by atoms with Gasteiger partial charge < -0.3 is 11.1 Å². The van der Waals surface area contributed by atoms with Crippen LogP contribution in [0.5, 0.6) is 0 Å². The van der Waals surface area contributed by atoms with Crippen molar-refractivity contribution in [2.75, 3.05) is 12.3 Å². The van der Waals surface area contributed by atoms with Crippen molar-refractivity contribution in [3.8, 4) is 0 Å². The molecule has 0 fully saturated rings. The van der Waals surface area contributed by atoms with Crippen molar-refractivity contribution in [3.05, 3.63) is 28.7 Å². The van der Waals surface area contributed by atoms with Gasteiger partial charge in [0.05, 0.1) is 11.9 Å². The molecule has 2 aromatic heterocycles. The van der Waals surface area contributed by atoms with Gasteiger partial charge in [0.1, 0.15) is 4.88 Å². The van der Waals surface area contributed by atoms with Crippen LogP contribution in [0.15, 0.2) is 23.8 Å². The maximum atomic E-state index is 11.7. The van der Waals surface area contributed by atoms with Crippen LogP contribution in [-0.2, 0) is 6.54 Å². The van der Waals surface area contributed by atoms with Crippen LogP contribution in [0.25, 0.3) is 0 Å². The molecule has 0 aliphatic rings. The van der Waals surface area contributed by atoms with Crippen LogP contribution in [0.1, 0.15) is 16.1 Å². The van der Waals surface area contributed by atoms with Gasteiger partial charge in [0.15, 0.2) is 0 Å². The molecule has 3 N–H and O–H groups in total. The maximum Gasteiger partial charge on any atom is 0.263 e. The number of thiophene rings is 1. The molecule has 0 aromatic carbocycles. The van der Waals surface area contributed by atoms with E-state index < -0.39 is 0 Å². The second-order valence-corrected chi connectivity index (χ2v) is 4.40. The number of aromatic nitrogens is 3. The van der Waals surface area contributed by atoms with Crippen molar-refractivity contribution in [1.82, 2.24) is 20.3 Å². The SMILES string of the molecule is Nc1ccsc1C(=O)NCCCn1ccnn1. The first-order valence-corrected chi connectivity index (χ1v) is 6.10. The first-order chi connectivity index (χ1) is 8.27. The maximum absolute atomic E-state index is 11.7. The number of nitrogens with zero attached hydrogens (tertiary/aromatic N) is 3. The van der Waals surface area contributed by atoms with Gasteiger partial charge in [-0.05, 0) is 17.9 Å². The number of carbonyl (C=O) groups is 1. The van der Waals surface area contributed by atoms with E-state index in [1.165, 1.54) is 11.3 Å². The number of aryl methyl sites for hydroxylation is 1. The first kappa shape index (κ1) is 11.6. The highest BCUT2D eigenvalue weighted by molar-refractivity contribution is 7.12. The average Bonchev–Trinajstić information content (AvgIpc) is 2.95. The van der Waals surface area contributed by atoms with Gasteiger partial charge in [-0.15, -0.1) is 16.4 Å². The van der Waals surface area contributed by atoms with E-state index in [4.69, 9.17) is 5.73 Å². The molecule has 90 valence electrons. The summed E-state index contributed by atoms with van der Waals surface area (Å²) in [4.78, 5) is 12.2. The quantitative estimate of drug-likeness (QED) is 0.767. The summed E-state index contributed by atoms with van der Waals surface area (Å²) in [6.07, 6.45) is 4.23. The Morgan fingerprint density at radius 1 is 1.59 bits per heavy atom. The second kappa shape index (κ2) is 5.44. The molecule has 2 aromatic rings. The zero-order valence-electron chi connectivity index (χ0n) is 9.17. The van der Waals surface area contributed by atoms with Crippen molar-refractivity contribution in [2.24, 2.45) is 0 Å². The largest absolute Gasteiger partial charge is 0.397 e. The van der Waals surface area contributed by atoms with Crippen molar-refractivity contribution in [1.29, 1.82) is 0 Å². The van der Waals surface area contributed by atoms with Crippen LogP contribution in [0, 0.1) is 0 Å². The zero-order valence-corrected chi connectivity index (χ0v) is 9.98. The molecular weight excluding hydrogens is 238 g/mol. The number of carbonyl (C=O) groups excluding carboxylic acids is 1. The minimum atomic E-state index is -0.115. The third kappa shape index (κ3) is 3.04. The van der Waals surface area contributed by atoms with Gasteiger partial charge in [0, 0.05) is 19.3 Å². The van der Waals surface area contributed by atoms with Crippen LogP contribution in [0.2, 0.25) is 0 Å². The molecule has 6 nitrogen and oxygen atoms in total. The lowest BCUT2D eigenvalue weighted by atomic mass is 10.3. The summed E-state index contributed by atoms with van der Waals surface area (Å²) >= 11 is 1.35. The highest BCUT2D eigenvalue weighted by Gasteiger charge is 2.09. The van der Waals surface area contributed by atoms with Crippen LogP contribution in [-0.4, -0.2) is 27.4 Å². The number of hydrogen-bond donors (Lipinski definition) is 2. The summed E-state index contributed by atoms with van der Waals surface area (Å²) < 4.78 is 1.73. The summed E-state index contributed by atoms with van der Waals surface area (Å²) in [5, 5.41) is 12.2. The summed E-state index contributed by atoms with van der Waals surface area (Å²) in [7, 11) is 0. The zero-order chi connectivity index (χ0) is 12.1. The van der Waals surface area contributed by atoms with Gasteiger partial charge in [-0.1, -0.05) is 5.21 Å². The molecule has 0 atom stereocenters. The molecule has 2 heterocycles. The molecular formula is C10H13N5OS. The van der Waals surface area contributed by atoms with Crippen molar-refractivity contribution < 1.29 is 4.79 Å². The number of rotatable bonds is 5. The Hall–Kier alpha value is -1.89. The Balaban J connectivity index is 1.72. The minimum Gasteiger partial charge on any atom is -0.397 e. The molecule has 7 heteroatoms. The minimum absolute atomic E-state index is 0.115. The van der Waals surface area contributed by atoms with Crippen LogP contribution < -0.4 is 11.1 Å². The fourth-order valence-electron chi connectivity index (χ4n) is 1.38. The summed E-state index contributed by atoms with van der Waals surface area (Å²) in [5.41, 5.74) is 6.18. The predicted molar refractivity (Wildman–Crippen MR) is 65.7 cm³/mol. The Morgan fingerprint density at radius 3 is 3.12 bits per heavy atom. The lowest BCUT2D eigenvalue weighted by molar-refractivity contribution is 0.0957. The summed E-state index contributed by atoms with van der Waals surface area (Å²) in [6.45, 7) is 1.33. The smallest absolute Gasteiger partial charge is 0.263 e. The van der Waals surface area contributed by atoms with Crippen LogP contribution in [0.4, 0.5) is 5.69 Å². The highest BCUT2D eigenvalue weighted by Crippen LogP contribution is 2.18. The standard InChI is InChI=1S/C10H13N5OS/c11-8-2-7-17-9(8)10(16)12-3-1-5-15-6-4-13-14-15/h2,4,6-7H,1,3,5,11H2,(H,12,16). The van der Waals surface area contributed by atoms with Gasteiger partial charge in [-0.3, -0.25) is 9.48 Å². The van der Waals surface area contributed by atoms with Crippen LogP contribution in [0.3, 0.4) is 0 Å². The van der Waals surface area contributed by atoms with E-state index in [1.54, 1.807) is 28.5 Å². The van der Waals surface area contributed by atoms with Gasteiger partial charge in [0.2, 0.25) is 0 Å². The van der Waals surface area contributed by atoms with E-state index in [0.29, 0.717) is 17.1 Å². The van der Waals surface area contributed by atoms with E-state index in [1.807, 2.05) is 0 Å². The molecule has 0 saturated heterocycles. The van der Waals surface area contributed by atoms with E-state index in [2.05, 4.69) is 15.6 Å². The topological polar surface area (TPSA) is 85.8 Å². The van der Waals surface area contributed by atoms with Crippen molar-refractivity contribution in [3.63, 3.8) is 0 Å². The van der Waals surface area contributed by atoms with Gasteiger partial charge in [0.25, 0.3) is 5.91 Å². The highest BCUT2D eigenvalue weighted by atomic mass is 32.1. The van der Waals surface area contributed by atoms with E-state index in [9.17, 15) is 4.79 Å². The molecule has 0 spiro atoms. The average molecular weight is 251 g/mol. The van der Waals surface area contributed by atoms with Gasteiger partial charge in [-0.25, -0.2) is 0 Å². The molecule has 0 bridgehead atoms. The second-order valence-electron chi connectivity index (χ2n) is 3.48. The number of anilines is 1. The lowest BCUT2D eigenvalue weighted by Crippen LogP contribution is -2.25. The van der Waals surface area contributed by atoms with E-state index in [0.717, 1.165) is 13.0 Å². The van der Waals surface area contributed by atoms with E-state index in [-0.39, 0.29) is 5.91 Å².